The van der Waals surface area contributed by atoms with Crippen molar-refractivity contribution in [1.82, 2.24) is 9.91 Å². The number of carbonyl (C=O) groups excluding carboxylic acids is 2. The highest BCUT2D eigenvalue weighted by Crippen LogP contribution is 2.37. The first-order valence-corrected chi connectivity index (χ1v) is 8.87. The minimum atomic E-state index is -1.02. The molecule has 2 atom stereocenters. The highest BCUT2D eigenvalue weighted by atomic mass is 79.9. The molecule has 1 N–H and O–H groups in total. The molecule has 0 bridgehead atoms. The van der Waals surface area contributed by atoms with Crippen molar-refractivity contribution >= 4 is 63.1 Å². The first kappa shape index (κ1) is 18.9. The molecule has 1 aromatic rings. The number of nitrogens with one attached hydrogen (secondary N) is 1. The van der Waals surface area contributed by atoms with E-state index >= 15 is 0 Å². The molecule has 2 rings (SSSR count). The van der Waals surface area contributed by atoms with E-state index in [2.05, 4.69) is 33.1 Å². The van der Waals surface area contributed by atoms with Gasteiger partial charge in [-0.05, 0) is 11.4 Å². The Labute approximate surface area is 156 Å². The molecule has 1 aliphatic heterocycles. The van der Waals surface area contributed by atoms with Crippen molar-refractivity contribution in [2.75, 3.05) is 26.0 Å². The van der Waals surface area contributed by atoms with E-state index in [-0.39, 0.29) is 16.8 Å². The number of halogens is 3. The van der Waals surface area contributed by atoms with Crippen LogP contribution < -0.4 is 5.32 Å². The first-order valence-electron chi connectivity index (χ1n) is 6.82. The van der Waals surface area contributed by atoms with Gasteiger partial charge < -0.3 is 10.2 Å². The van der Waals surface area contributed by atoms with E-state index in [4.69, 9.17) is 11.6 Å². The molecular weight excluding hydrogens is 423 g/mol. The molecule has 2 amide bonds. The third-order valence-electron chi connectivity index (χ3n) is 3.69. The number of hydrogen-bond donors (Lipinski definition) is 1. The zero-order valence-corrected chi connectivity index (χ0v) is 16.1. The maximum Gasteiger partial charge on any atom is 0.237 e. The predicted octanol–water partition coefficient (Wildman–Crippen LogP) is 2.88. The second-order valence-electron chi connectivity index (χ2n) is 5.20. The zero-order valence-electron chi connectivity index (χ0n) is 12.9. The SMILES string of the molecule is C=NN(C)/C(Cl)=C(\Br)[C@H]1CN(C)C(=O)[C@@H]1C(=O)Nc1ccsc1F. The molecule has 0 radical (unpaired) electrons. The molecule has 24 heavy (non-hydrogen) atoms. The lowest BCUT2D eigenvalue weighted by molar-refractivity contribution is -0.135. The van der Waals surface area contributed by atoms with E-state index in [9.17, 15) is 14.0 Å². The van der Waals surface area contributed by atoms with Crippen molar-refractivity contribution in [3.05, 3.63) is 26.2 Å². The molecule has 0 aliphatic carbocycles. The summed E-state index contributed by atoms with van der Waals surface area (Å²) in [5, 5.41) is 8.69. The summed E-state index contributed by atoms with van der Waals surface area (Å²) in [5.41, 5.74) is 0.0576. The van der Waals surface area contributed by atoms with E-state index in [1.54, 1.807) is 14.1 Å². The number of carbonyl (C=O) groups is 2. The summed E-state index contributed by atoms with van der Waals surface area (Å²) in [7, 11) is 3.18. The summed E-state index contributed by atoms with van der Waals surface area (Å²) in [6.07, 6.45) is 0. The lowest BCUT2D eigenvalue weighted by Crippen LogP contribution is -2.33. The largest absolute Gasteiger partial charge is 0.344 e. The average molecular weight is 438 g/mol. The van der Waals surface area contributed by atoms with Gasteiger partial charge in [0.1, 0.15) is 11.1 Å². The van der Waals surface area contributed by atoms with Gasteiger partial charge in [-0.1, -0.05) is 27.5 Å². The molecule has 0 spiro atoms. The number of anilines is 1. The molecule has 1 fully saturated rings. The van der Waals surface area contributed by atoms with E-state index in [1.165, 1.54) is 21.4 Å². The number of likely N-dealkylation sites (tertiary alicyclic amines) is 1. The Hall–Kier alpha value is -1.45. The Morgan fingerprint density at radius 1 is 1.67 bits per heavy atom. The van der Waals surface area contributed by atoms with Gasteiger partial charge in [0.2, 0.25) is 11.8 Å². The summed E-state index contributed by atoms with van der Waals surface area (Å²) >= 11 is 10.4. The van der Waals surface area contributed by atoms with Crippen LogP contribution in [0.5, 0.6) is 0 Å². The molecule has 0 unspecified atom stereocenters. The average Bonchev–Trinajstić information content (AvgIpc) is 3.09. The van der Waals surface area contributed by atoms with Crippen LogP contribution in [0.3, 0.4) is 0 Å². The van der Waals surface area contributed by atoms with Crippen LogP contribution in [-0.2, 0) is 9.59 Å². The zero-order chi connectivity index (χ0) is 18.0. The van der Waals surface area contributed by atoms with Crippen molar-refractivity contribution in [1.29, 1.82) is 0 Å². The second-order valence-corrected chi connectivity index (χ2v) is 7.28. The smallest absolute Gasteiger partial charge is 0.237 e. The number of thiophene rings is 1. The van der Waals surface area contributed by atoms with E-state index < -0.39 is 22.9 Å². The fourth-order valence-electron chi connectivity index (χ4n) is 2.38. The third-order valence-corrected chi connectivity index (χ3v) is 6.03. The van der Waals surface area contributed by atoms with Crippen LogP contribution in [0.2, 0.25) is 0 Å². The number of hydrazone groups is 1. The van der Waals surface area contributed by atoms with E-state index in [0.29, 0.717) is 11.0 Å². The highest BCUT2D eigenvalue weighted by molar-refractivity contribution is 9.11. The van der Waals surface area contributed by atoms with Crippen LogP contribution in [0.4, 0.5) is 10.1 Å². The van der Waals surface area contributed by atoms with Gasteiger partial charge in [0.15, 0.2) is 5.13 Å². The Morgan fingerprint density at radius 3 is 2.88 bits per heavy atom. The lowest BCUT2D eigenvalue weighted by Gasteiger charge is -2.19. The van der Waals surface area contributed by atoms with Gasteiger partial charge in [0.25, 0.3) is 0 Å². The van der Waals surface area contributed by atoms with Gasteiger partial charge >= 0.3 is 0 Å². The van der Waals surface area contributed by atoms with Gasteiger partial charge in [-0.3, -0.25) is 14.6 Å². The standard InChI is InChI=1S/C14H15BrClFN4O2S/c1-18-21(3)11(16)10(15)7-6-20(2)14(23)9(7)13(22)19-8-4-5-24-12(8)17/h4-5,7,9H,1,6H2,2-3H3,(H,19,22)/b11-10-/t7-,9-/m0/s1. The molecule has 6 nitrogen and oxygen atoms in total. The fraction of sp³-hybridized carbons (Fsp3) is 0.357. The summed E-state index contributed by atoms with van der Waals surface area (Å²) in [5.74, 6) is -2.47. The minimum Gasteiger partial charge on any atom is -0.344 e. The van der Waals surface area contributed by atoms with Crippen LogP contribution in [0, 0.1) is 17.0 Å². The molecule has 130 valence electrons. The van der Waals surface area contributed by atoms with Gasteiger partial charge in [0.05, 0.1) is 5.69 Å². The first-order chi connectivity index (χ1) is 11.3. The molecule has 1 aliphatic rings. The number of amides is 2. The van der Waals surface area contributed by atoms with E-state index in [1.807, 2.05) is 0 Å². The second kappa shape index (κ2) is 7.62. The fourth-order valence-corrected chi connectivity index (χ4v) is 3.81. The van der Waals surface area contributed by atoms with Gasteiger partial charge in [0, 0.05) is 37.8 Å². The monoisotopic (exact) mass is 436 g/mol. The summed E-state index contributed by atoms with van der Waals surface area (Å²) in [6.45, 7) is 3.67. The summed E-state index contributed by atoms with van der Waals surface area (Å²) < 4.78 is 14.0. The third kappa shape index (κ3) is 3.62. The van der Waals surface area contributed by atoms with Crippen molar-refractivity contribution in [3.8, 4) is 0 Å². The maximum atomic E-state index is 13.5. The predicted molar refractivity (Wildman–Crippen MR) is 96.6 cm³/mol. The Balaban J connectivity index is 2.30. The van der Waals surface area contributed by atoms with Crippen LogP contribution in [0.25, 0.3) is 0 Å². The van der Waals surface area contributed by atoms with Crippen LogP contribution >= 0.6 is 38.9 Å². The van der Waals surface area contributed by atoms with Crippen molar-refractivity contribution in [3.63, 3.8) is 0 Å². The van der Waals surface area contributed by atoms with Gasteiger partial charge in [-0.15, -0.1) is 11.3 Å². The number of hydrogen-bond acceptors (Lipinski definition) is 5. The molecule has 2 heterocycles. The Bertz CT molecular complexity index is 711. The molecule has 0 aromatic carbocycles. The lowest BCUT2D eigenvalue weighted by atomic mass is 9.94. The van der Waals surface area contributed by atoms with Crippen molar-refractivity contribution in [2.45, 2.75) is 0 Å². The molecule has 0 saturated carbocycles. The van der Waals surface area contributed by atoms with E-state index in [0.717, 1.165) is 11.3 Å². The molecule has 1 saturated heterocycles. The van der Waals surface area contributed by atoms with Gasteiger partial charge in [-0.25, -0.2) is 0 Å². The van der Waals surface area contributed by atoms with Crippen LogP contribution in [0.15, 0.2) is 26.2 Å². The van der Waals surface area contributed by atoms with Crippen LogP contribution in [0.1, 0.15) is 0 Å². The number of nitrogens with zero attached hydrogens (tertiary/aromatic N) is 3. The van der Waals surface area contributed by atoms with Crippen LogP contribution in [-0.4, -0.2) is 49.1 Å². The normalized spacial score (nSPS) is 21.5. The Kier molecular flexibility index (Phi) is 6.00. The Morgan fingerprint density at radius 2 is 2.33 bits per heavy atom. The quantitative estimate of drug-likeness (QED) is 0.333. The molecule has 1 aromatic heterocycles. The summed E-state index contributed by atoms with van der Waals surface area (Å²) in [4.78, 5) is 26.4. The topological polar surface area (TPSA) is 65.0 Å². The van der Waals surface area contributed by atoms with Gasteiger partial charge in [-0.2, -0.15) is 9.49 Å². The molecular formula is C14H15BrClFN4O2S. The highest BCUT2D eigenvalue weighted by Gasteiger charge is 2.45. The van der Waals surface area contributed by atoms with Crippen molar-refractivity contribution in [2.24, 2.45) is 16.9 Å². The van der Waals surface area contributed by atoms with Crippen molar-refractivity contribution < 1.29 is 14.0 Å². The molecule has 10 heteroatoms. The maximum absolute atomic E-state index is 13.5. The minimum absolute atomic E-state index is 0.0576. The summed E-state index contributed by atoms with van der Waals surface area (Å²) in [6, 6.07) is 1.45. The number of rotatable bonds is 5.